The van der Waals surface area contributed by atoms with Gasteiger partial charge in [-0.05, 0) is 69.9 Å². The minimum Gasteiger partial charge on any atom is -0.484 e. The van der Waals surface area contributed by atoms with Gasteiger partial charge in [-0.15, -0.1) is 0 Å². The highest BCUT2D eigenvalue weighted by Crippen LogP contribution is 2.23. The van der Waals surface area contributed by atoms with Crippen LogP contribution < -0.4 is 10.1 Å². The van der Waals surface area contributed by atoms with Gasteiger partial charge >= 0.3 is 0 Å². The summed E-state index contributed by atoms with van der Waals surface area (Å²) in [6, 6.07) is 17.3. The largest absolute Gasteiger partial charge is 0.484 e. The monoisotopic (exact) mass is 460 g/mol. The minimum atomic E-state index is -0.232. The molecule has 4 rings (SSSR count). The standard InChI is InChI=1S/C27H32N4O3/c1-19-7-9-22(10-8-19)17-30-25(15-16-28-30)29-27(33)23-11-13-24(14-12-23)34-18-26(32)31-20(2)5-4-6-21(31)3/h7-16,20-21H,4-6,17-18H2,1-3H3,(H,29,33). The molecule has 0 saturated carbocycles. The van der Waals surface area contributed by atoms with E-state index in [2.05, 4.69) is 48.5 Å². The Kier molecular flexibility index (Phi) is 7.30. The lowest BCUT2D eigenvalue weighted by molar-refractivity contribution is -0.139. The highest BCUT2D eigenvalue weighted by atomic mass is 16.5. The van der Waals surface area contributed by atoms with Gasteiger partial charge in [-0.1, -0.05) is 29.8 Å². The maximum Gasteiger partial charge on any atom is 0.260 e. The zero-order chi connectivity index (χ0) is 24.1. The number of hydrogen-bond acceptors (Lipinski definition) is 4. The molecule has 178 valence electrons. The van der Waals surface area contributed by atoms with Crippen molar-refractivity contribution in [2.45, 2.75) is 58.7 Å². The number of aryl methyl sites for hydroxylation is 1. The van der Waals surface area contributed by atoms with Gasteiger partial charge in [0.2, 0.25) is 0 Å². The third-order valence-corrected chi connectivity index (χ3v) is 6.37. The molecular formula is C27H32N4O3. The number of carbonyl (C=O) groups is 2. The third kappa shape index (κ3) is 5.65. The highest BCUT2D eigenvalue weighted by Gasteiger charge is 2.29. The van der Waals surface area contributed by atoms with E-state index in [4.69, 9.17) is 4.74 Å². The maximum atomic E-state index is 12.8. The number of aromatic nitrogens is 2. The van der Waals surface area contributed by atoms with Crippen molar-refractivity contribution in [3.05, 3.63) is 77.5 Å². The zero-order valence-corrected chi connectivity index (χ0v) is 20.0. The molecule has 1 saturated heterocycles. The quantitative estimate of drug-likeness (QED) is 0.556. The van der Waals surface area contributed by atoms with Crippen LogP contribution in [0.1, 0.15) is 54.6 Å². The summed E-state index contributed by atoms with van der Waals surface area (Å²) in [5, 5.41) is 7.25. The molecule has 2 heterocycles. The Balaban J connectivity index is 1.33. The minimum absolute atomic E-state index is 0.00157. The fourth-order valence-corrected chi connectivity index (χ4v) is 4.45. The van der Waals surface area contributed by atoms with Crippen molar-refractivity contribution < 1.29 is 14.3 Å². The first kappa shape index (κ1) is 23.5. The molecule has 2 unspecified atom stereocenters. The predicted molar refractivity (Wildman–Crippen MR) is 132 cm³/mol. The van der Waals surface area contributed by atoms with E-state index >= 15 is 0 Å². The van der Waals surface area contributed by atoms with Crippen LogP contribution in [-0.2, 0) is 11.3 Å². The average molecular weight is 461 g/mol. The lowest BCUT2D eigenvalue weighted by Crippen LogP contribution is -2.49. The molecule has 1 aliphatic rings. The van der Waals surface area contributed by atoms with Crippen LogP contribution in [0, 0.1) is 6.92 Å². The molecule has 0 radical (unpaired) electrons. The number of benzene rings is 2. The molecule has 34 heavy (non-hydrogen) atoms. The van der Waals surface area contributed by atoms with Gasteiger partial charge in [0.25, 0.3) is 11.8 Å². The molecule has 0 aliphatic carbocycles. The Bertz CT molecular complexity index is 1110. The van der Waals surface area contributed by atoms with Gasteiger partial charge < -0.3 is 15.0 Å². The van der Waals surface area contributed by atoms with Gasteiger partial charge in [0.1, 0.15) is 11.6 Å². The highest BCUT2D eigenvalue weighted by molar-refractivity contribution is 6.03. The number of ether oxygens (including phenoxy) is 1. The summed E-state index contributed by atoms with van der Waals surface area (Å²) >= 11 is 0. The molecular weight excluding hydrogens is 428 g/mol. The van der Waals surface area contributed by atoms with Crippen molar-refractivity contribution >= 4 is 17.6 Å². The number of anilines is 1. The fourth-order valence-electron chi connectivity index (χ4n) is 4.45. The van der Waals surface area contributed by atoms with E-state index in [-0.39, 0.29) is 30.5 Å². The summed E-state index contributed by atoms with van der Waals surface area (Å²) in [4.78, 5) is 27.4. The van der Waals surface area contributed by atoms with Crippen LogP contribution in [0.2, 0.25) is 0 Å². The predicted octanol–water partition coefficient (Wildman–Crippen LogP) is 4.66. The molecule has 1 aliphatic heterocycles. The molecule has 2 amide bonds. The Labute approximate surface area is 200 Å². The molecule has 2 atom stereocenters. The summed E-state index contributed by atoms with van der Waals surface area (Å²) in [5.74, 6) is 0.959. The van der Waals surface area contributed by atoms with E-state index in [1.165, 1.54) is 5.56 Å². The van der Waals surface area contributed by atoms with Crippen LogP contribution in [0.25, 0.3) is 0 Å². The van der Waals surface area contributed by atoms with Gasteiger partial charge in [-0.2, -0.15) is 5.10 Å². The van der Waals surface area contributed by atoms with Crippen molar-refractivity contribution in [1.29, 1.82) is 0 Å². The van der Waals surface area contributed by atoms with Crippen molar-refractivity contribution in [1.82, 2.24) is 14.7 Å². The van der Waals surface area contributed by atoms with Crippen LogP contribution in [0.5, 0.6) is 5.75 Å². The first-order valence-electron chi connectivity index (χ1n) is 11.8. The van der Waals surface area contributed by atoms with Crippen LogP contribution in [-0.4, -0.2) is 45.2 Å². The Morgan fingerprint density at radius 3 is 2.35 bits per heavy atom. The van der Waals surface area contributed by atoms with Crippen LogP contribution in [0.15, 0.2) is 60.8 Å². The van der Waals surface area contributed by atoms with Gasteiger partial charge in [-0.25, -0.2) is 4.68 Å². The molecule has 7 heteroatoms. The lowest BCUT2D eigenvalue weighted by Gasteiger charge is -2.38. The third-order valence-electron chi connectivity index (χ3n) is 6.37. The second-order valence-corrected chi connectivity index (χ2v) is 9.06. The normalized spacial score (nSPS) is 17.9. The van der Waals surface area contributed by atoms with Crippen LogP contribution in [0.4, 0.5) is 5.82 Å². The second-order valence-electron chi connectivity index (χ2n) is 9.06. The van der Waals surface area contributed by atoms with E-state index in [0.29, 0.717) is 23.7 Å². The van der Waals surface area contributed by atoms with Crippen molar-refractivity contribution in [3.63, 3.8) is 0 Å². The Morgan fingerprint density at radius 2 is 1.68 bits per heavy atom. The summed E-state index contributed by atoms with van der Waals surface area (Å²) in [6.45, 7) is 6.80. The van der Waals surface area contributed by atoms with E-state index in [9.17, 15) is 9.59 Å². The van der Waals surface area contributed by atoms with Gasteiger partial charge in [-0.3, -0.25) is 9.59 Å². The number of rotatable bonds is 7. The zero-order valence-electron chi connectivity index (χ0n) is 20.0. The summed E-state index contributed by atoms with van der Waals surface area (Å²) in [5.41, 5.74) is 2.80. The number of nitrogens with zero attached hydrogens (tertiary/aromatic N) is 3. The molecule has 7 nitrogen and oxygen atoms in total. The first-order valence-corrected chi connectivity index (χ1v) is 11.8. The van der Waals surface area contributed by atoms with Gasteiger partial charge in [0.05, 0.1) is 12.7 Å². The molecule has 3 aromatic rings. The molecule has 1 fully saturated rings. The summed E-state index contributed by atoms with van der Waals surface area (Å²) < 4.78 is 7.47. The Morgan fingerprint density at radius 1 is 1.00 bits per heavy atom. The van der Waals surface area contributed by atoms with Crippen molar-refractivity contribution in [2.75, 3.05) is 11.9 Å². The van der Waals surface area contributed by atoms with Gasteiger partial charge in [0.15, 0.2) is 6.61 Å². The second kappa shape index (κ2) is 10.5. The number of hydrogen-bond donors (Lipinski definition) is 1. The molecule has 0 spiro atoms. The number of likely N-dealkylation sites (tertiary alicyclic amines) is 1. The number of carbonyl (C=O) groups excluding carboxylic acids is 2. The smallest absolute Gasteiger partial charge is 0.260 e. The van der Waals surface area contributed by atoms with E-state index in [1.54, 1.807) is 41.2 Å². The average Bonchev–Trinajstić information content (AvgIpc) is 3.25. The molecule has 1 N–H and O–H groups in total. The SMILES string of the molecule is Cc1ccc(Cn2nccc2NC(=O)c2ccc(OCC(=O)N3C(C)CCCC3C)cc2)cc1. The fraction of sp³-hybridized carbons (Fsp3) is 0.370. The molecule has 0 bridgehead atoms. The topological polar surface area (TPSA) is 76.5 Å². The van der Waals surface area contributed by atoms with Crippen LogP contribution >= 0.6 is 0 Å². The number of amides is 2. The summed E-state index contributed by atoms with van der Waals surface area (Å²) in [6.07, 6.45) is 4.89. The first-order chi connectivity index (χ1) is 16.4. The van der Waals surface area contributed by atoms with E-state index < -0.39 is 0 Å². The van der Waals surface area contributed by atoms with Crippen LogP contribution in [0.3, 0.4) is 0 Å². The number of piperidine rings is 1. The molecule has 2 aromatic carbocycles. The van der Waals surface area contributed by atoms with Crippen molar-refractivity contribution in [3.8, 4) is 5.75 Å². The molecule has 1 aromatic heterocycles. The summed E-state index contributed by atoms with van der Waals surface area (Å²) in [7, 11) is 0. The van der Waals surface area contributed by atoms with Gasteiger partial charge in [0, 0.05) is 23.7 Å². The van der Waals surface area contributed by atoms with E-state index in [1.807, 2.05) is 11.8 Å². The maximum absolute atomic E-state index is 12.8. The lowest BCUT2D eigenvalue weighted by atomic mass is 9.97. The van der Waals surface area contributed by atoms with Crippen molar-refractivity contribution in [2.24, 2.45) is 0 Å². The Hall–Kier alpha value is -3.61. The number of nitrogens with one attached hydrogen (secondary N) is 1. The van der Waals surface area contributed by atoms with E-state index in [0.717, 1.165) is 24.8 Å².